The molecule has 184 valence electrons. The van der Waals surface area contributed by atoms with E-state index < -0.39 is 23.7 Å². The third-order valence-electron chi connectivity index (χ3n) is 5.51. The lowest BCUT2D eigenvalue weighted by Gasteiger charge is -2.23. The molecule has 3 aromatic rings. The molecule has 36 heavy (non-hydrogen) atoms. The van der Waals surface area contributed by atoms with Gasteiger partial charge in [0.1, 0.15) is 23.0 Å². The van der Waals surface area contributed by atoms with Crippen LogP contribution >= 0.6 is 11.3 Å². The van der Waals surface area contributed by atoms with Gasteiger partial charge in [-0.15, -0.1) is 0 Å². The van der Waals surface area contributed by atoms with Gasteiger partial charge < -0.3 is 14.6 Å². The van der Waals surface area contributed by atoms with Crippen molar-refractivity contribution >= 4 is 39.9 Å². The number of amides is 1. The number of anilines is 1. The average molecular weight is 505 g/mol. The SMILES string of the molecule is C=CCOc1ccc(/C(O)=C2\C(=O)C(=O)N(c3nc(C)c(C(=O)OCC)s3)[C@H]2c2ccccc2)cc1. The van der Waals surface area contributed by atoms with Crippen molar-refractivity contribution in [2.24, 2.45) is 0 Å². The van der Waals surface area contributed by atoms with Crippen LogP contribution in [0.2, 0.25) is 0 Å². The summed E-state index contributed by atoms with van der Waals surface area (Å²) >= 11 is 0.967. The monoisotopic (exact) mass is 504 g/mol. The van der Waals surface area contributed by atoms with Gasteiger partial charge >= 0.3 is 11.9 Å². The first-order valence-corrected chi connectivity index (χ1v) is 12.0. The number of benzene rings is 2. The summed E-state index contributed by atoms with van der Waals surface area (Å²) < 4.78 is 10.6. The van der Waals surface area contributed by atoms with E-state index in [1.165, 1.54) is 4.90 Å². The zero-order valence-corrected chi connectivity index (χ0v) is 20.6. The number of aromatic nitrogens is 1. The van der Waals surface area contributed by atoms with Crippen molar-refractivity contribution in [1.29, 1.82) is 0 Å². The number of aliphatic hydroxyl groups is 1. The highest BCUT2D eigenvalue weighted by molar-refractivity contribution is 7.17. The third-order valence-corrected chi connectivity index (χ3v) is 6.64. The fourth-order valence-corrected chi connectivity index (χ4v) is 4.86. The smallest absolute Gasteiger partial charge is 0.350 e. The lowest BCUT2D eigenvalue weighted by molar-refractivity contribution is -0.132. The van der Waals surface area contributed by atoms with E-state index in [0.717, 1.165) is 11.3 Å². The van der Waals surface area contributed by atoms with Gasteiger partial charge in [0.05, 0.1) is 23.9 Å². The number of hydrogen-bond acceptors (Lipinski definition) is 8. The van der Waals surface area contributed by atoms with Crippen LogP contribution in [0, 0.1) is 6.92 Å². The van der Waals surface area contributed by atoms with E-state index in [2.05, 4.69) is 11.6 Å². The van der Waals surface area contributed by atoms with E-state index in [4.69, 9.17) is 9.47 Å². The van der Waals surface area contributed by atoms with Gasteiger partial charge in [-0.25, -0.2) is 9.78 Å². The Hall–Kier alpha value is -4.24. The Morgan fingerprint density at radius 3 is 2.50 bits per heavy atom. The number of ether oxygens (including phenoxy) is 2. The van der Waals surface area contributed by atoms with E-state index >= 15 is 0 Å². The molecule has 0 spiro atoms. The Balaban J connectivity index is 1.83. The molecule has 1 atom stereocenters. The zero-order chi connectivity index (χ0) is 25.8. The molecule has 2 heterocycles. The molecule has 0 saturated carbocycles. The molecule has 4 rings (SSSR count). The van der Waals surface area contributed by atoms with Crippen molar-refractivity contribution in [3.63, 3.8) is 0 Å². The fourth-order valence-electron chi connectivity index (χ4n) is 3.87. The number of thiazole rings is 1. The van der Waals surface area contributed by atoms with Gasteiger partial charge in [0.25, 0.3) is 5.78 Å². The molecule has 0 unspecified atom stereocenters. The molecular formula is C27H24N2O6S. The molecule has 1 aliphatic rings. The number of nitrogens with zero attached hydrogens (tertiary/aromatic N) is 2. The van der Waals surface area contributed by atoms with E-state index in [1.54, 1.807) is 68.5 Å². The van der Waals surface area contributed by atoms with Crippen molar-refractivity contribution in [3.8, 4) is 5.75 Å². The Kier molecular flexibility index (Phi) is 7.30. The second-order valence-corrected chi connectivity index (χ2v) is 8.81. The number of aliphatic hydroxyl groups excluding tert-OH is 1. The van der Waals surface area contributed by atoms with E-state index in [-0.39, 0.29) is 27.9 Å². The van der Waals surface area contributed by atoms with Gasteiger partial charge in [-0.05, 0) is 43.7 Å². The van der Waals surface area contributed by atoms with E-state index in [1.807, 2.05) is 6.07 Å². The van der Waals surface area contributed by atoms with Crippen LogP contribution in [-0.4, -0.2) is 41.0 Å². The number of Topliss-reactive ketones (excluding diaryl/α,β-unsaturated/α-hetero) is 1. The van der Waals surface area contributed by atoms with Crippen molar-refractivity contribution in [2.75, 3.05) is 18.1 Å². The predicted octanol–water partition coefficient (Wildman–Crippen LogP) is 4.82. The lowest BCUT2D eigenvalue weighted by atomic mass is 9.95. The summed E-state index contributed by atoms with van der Waals surface area (Å²) in [6.07, 6.45) is 1.61. The molecule has 2 aromatic carbocycles. The molecule has 8 nitrogen and oxygen atoms in total. The summed E-state index contributed by atoms with van der Waals surface area (Å²) in [4.78, 5) is 44.8. The van der Waals surface area contributed by atoms with Crippen molar-refractivity contribution in [2.45, 2.75) is 19.9 Å². The maximum absolute atomic E-state index is 13.3. The Bertz CT molecular complexity index is 1340. The maximum Gasteiger partial charge on any atom is 0.350 e. The summed E-state index contributed by atoms with van der Waals surface area (Å²) in [6, 6.07) is 14.5. The van der Waals surface area contributed by atoms with Crippen molar-refractivity contribution in [3.05, 3.63) is 94.5 Å². The molecule has 0 bridgehead atoms. The third kappa shape index (κ3) is 4.65. The molecular weight excluding hydrogens is 480 g/mol. The van der Waals surface area contributed by atoms with Crippen LogP contribution in [0.3, 0.4) is 0 Å². The van der Waals surface area contributed by atoms with Crippen LogP contribution in [0.5, 0.6) is 5.75 Å². The normalized spacial score (nSPS) is 16.7. The molecule has 1 aromatic heterocycles. The van der Waals surface area contributed by atoms with Gasteiger partial charge in [-0.1, -0.05) is 54.3 Å². The van der Waals surface area contributed by atoms with Crippen LogP contribution in [0.1, 0.15) is 39.5 Å². The number of carbonyl (C=O) groups is 3. The van der Waals surface area contributed by atoms with E-state index in [0.29, 0.717) is 29.2 Å². The average Bonchev–Trinajstić information content (AvgIpc) is 3.40. The predicted molar refractivity (Wildman–Crippen MR) is 136 cm³/mol. The maximum atomic E-state index is 13.3. The number of ketones is 1. The highest BCUT2D eigenvalue weighted by Crippen LogP contribution is 2.44. The minimum absolute atomic E-state index is 0.0727. The fraction of sp³-hybridized carbons (Fsp3) is 0.185. The largest absolute Gasteiger partial charge is 0.507 e. The number of carbonyl (C=O) groups excluding carboxylic acids is 3. The van der Waals surface area contributed by atoms with Crippen LogP contribution in [0.4, 0.5) is 5.13 Å². The second kappa shape index (κ2) is 10.6. The number of rotatable bonds is 8. The molecule has 9 heteroatoms. The first-order chi connectivity index (χ1) is 17.4. The van der Waals surface area contributed by atoms with Gasteiger partial charge in [0, 0.05) is 5.56 Å². The minimum Gasteiger partial charge on any atom is -0.507 e. The summed E-state index contributed by atoms with van der Waals surface area (Å²) in [5, 5.41) is 11.4. The number of hydrogen-bond donors (Lipinski definition) is 1. The molecule has 1 aliphatic heterocycles. The molecule has 1 fully saturated rings. The van der Waals surface area contributed by atoms with Crippen LogP contribution in [0.15, 0.2) is 72.8 Å². The Morgan fingerprint density at radius 2 is 1.86 bits per heavy atom. The van der Waals surface area contributed by atoms with Crippen molar-refractivity contribution in [1.82, 2.24) is 4.98 Å². The molecule has 0 radical (unpaired) electrons. The first-order valence-electron chi connectivity index (χ1n) is 11.2. The van der Waals surface area contributed by atoms with Crippen molar-refractivity contribution < 1.29 is 29.0 Å². The summed E-state index contributed by atoms with van der Waals surface area (Å²) in [5.74, 6) is -2.00. The highest BCUT2D eigenvalue weighted by Gasteiger charge is 2.48. The zero-order valence-electron chi connectivity index (χ0n) is 19.8. The number of aryl methyl sites for hydroxylation is 1. The van der Waals surface area contributed by atoms with Crippen LogP contribution in [0.25, 0.3) is 5.76 Å². The van der Waals surface area contributed by atoms with Gasteiger partial charge in [-0.2, -0.15) is 0 Å². The second-order valence-electron chi connectivity index (χ2n) is 7.84. The standard InChI is InChI=1S/C27H24N2O6S/c1-4-15-35-19-13-11-18(12-14-19)22(30)20-21(17-9-7-6-8-10-17)29(25(32)23(20)31)27-28-16(3)24(36-27)26(33)34-5-2/h4,6-14,21,30H,1,5,15H2,2-3H3/b22-20+/t21-/m0/s1. The van der Waals surface area contributed by atoms with Crippen LogP contribution < -0.4 is 9.64 Å². The topological polar surface area (TPSA) is 106 Å². The Morgan fingerprint density at radius 1 is 1.17 bits per heavy atom. The van der Waals surface area contributed by atoms with Gasteiger partial charge in [0.2, 0.25) is 0 Å². The molecule has 1 saturated heterocycles. The summed E-state index contributed by atoms with van der Waals surface area (Å²) in [5.41, 5.74) is 1.27. The van der Waals surface area contributed by atoms with Crippen LogP contribution in [-0.2, 0) is 14.3 Å². The van der Waals surface area contributed by atoms with Gasteiger partial charge in [-0.3, -0.25) is 14.5 Å². The molecule has 0 aliphatic carbocycles. The molecule has 1 N–H and O–H groups in total. The minimum atomic E-state index is -0.941. The number of esters is 1. The van der Waals surface area contributed by atoms with E-state index in [9.17, 15) is 19.5 Å². The highest BCUT2D eigenvalue weighted by atomic mass is 32.1. The summed E-state index contributed by atoms with van der Waals surface area (Å²) in [6.45, 7) is 7.46. The first kappa shape index (κ1) is 24.9. The Labute approximate surface area is 212 Å². The summed E-state index contributed by atoms with van der Waals surface area (Å²) in [7, 11) is 0. The quantitative estimate of drug-likeness (QED) is 0.154. The van der Waals surface area contributed by atoms with Gasteiger partial charge in [0.15, 0.2) is 5.13 Å². The molecule has 1 amide bonds. The lowest BCUT2D eigenvalue weighted by Crippen LogP contribution is -2.29.